The summed E-state index contributed by atoms with van der Waals surface area (Å²) < 4.78 is 14.9. The number of nitrogens with one attached hydrogen (secondary N) is 1. The van der Waals surface area contributed by atoms with E-state index in [1.165, 1.54) is 18.2 Å². The van der Waals surface area contributed by atoms with Gasteiger partial charge in [-0.15, -0.1) is 0 Å². The predicted octanol–water partition coefficient (Wildman–Crippen LogP) is 4.80. The van der Waals surface area contributed by atoms with E-state index in [-0.39, 0.29) is 11.7 Å². The van der Waals surface area contributed by atoms with Gasteiger partial charge in [0.15, 0.2) is 0 Å². The highest BCUT2D eigenvalue weighted by Crippen LogP contribution is 2.26. The summed E-state index contributed by atoms with van der Waals surface area (Å²) in [6, 6.07) is 14.7. The Labute approximate surface area is 167 Å². The molecule has 1 N–H and O–H groups in total. The fourth-order valence-corrected chi connectivity index (χ4v) is 3.02. The third-order valence-electron chi connectivity index (χ3n) is 4.51. The lowest BCUT2D eigenvalue weighted by Gasteiger charge is -2.03. The molecule has 0 bridgehead atoms. The summed E-state index contributed by atoms with van der Waals surface area (Å²) in [4.78, 5) is 20.9. The second-order valence-electron chi connectivity index (χ2n) is 6.83. The van der Waals surface area contributed by atoms with E-state index in [4.69, 9.17) is 4.98 Å². The molecule has 0 saturated heterocycles. The van der Waals surface area contributed by atoms with Crippen molar-refractivity contribution in [2.45, 2.75) is 13.8 Å². The Morgan fingerprint density at radius 2 is 1.86 bits per heavy atom. The molecule has 4 aromatic rings. The lowest BCUT2D eigenvalue weighted by molar-refractivity contribution is -0.111. The minimum absolute atomic E-state index is 0.286. The van der Waals surface area contributed by atoms with Gasteiger partial charge >= 0.3 is 0 Å². The Kier molecular flexibility index (Phi) is 4.91. The van der Waals surface area contributed by atoms with Gasteiger partial charge in [-0.05, 0) is 49.8 Å². The van der Waals surface area contributed by atoms with Crippen molar-refractivity contribution in [3.8, 4) is 11.3 Å². The standard InChI is InChI=1S/C23H19FN4O/c1-15-3-5-17(6-4-15)23-19(28-12-11-16(2)13-21(28)27-23)8-10-22(29)26-20-9-7-18(24)14-25-20/h3-14H,1-2H3,(H,25,26,29)/b10-8+. The molecular weight excluding hydrogens is 367 g/mol. The minimum atomic E-state index is -0.456. The number of hydrogen-bond donors (Lipinski definition) is 1. The Hall–Kier alpha value is -3.80. The number of hydrogen-bond acceptors (Lipinski definition) is 3. The van der Waals surface area contributed by atoms with E-state index in [1.54, 1.807) is 6.08 Å². The van der Waals surface area contributed by atoms with E-state index in [0.717, 1.165) is 39.9 Å². The zero-order valence-electron chi connectivity index (χ0n) is 16.1. The summed E-state index contributed by atoms with van der Waals surface area (Å²) in [6.07, 6.45) is 6.14. The molecule has 0 spiro atoms. The van der Waals surface area contributed by atoms with Crippen molar-refractivity contribution in [3.63, 3.8) is 0 Å². The van der Waals surface area contributed by atoms with E-state index < -0.39 is 5.82 Å². The van der Waals surface area contributed by atoms with Crippen LogP contribution < -0.4 is 5.32 Å². The first-order valence-electron chi connectivity index (χ1n) is 9.16. The highest BCUT2D eigenvalue weighted by atomic mass is 19.1. The molecule has 144 valence electrons. The first-order valence-corrected chi connectivity index (χ1v) is 9.16. The van der Waals surface area contributed by atoms with Crippen LogP contribution in [0.25, 0.3) is 23.0 Å². The molecule has 29 heavy (non-hydrogen) atoms. The predicted molar refractivity (Wildman–Crippen MR) is 112 cm³/mol. The molecule has 0 unspecified atom stereocenters. The molecule has 1 aromatic carbocycles. The van der Waals surface area contributed by atoms with Crippen LogP contribution in [0.2, 0.25) is 0 Å². The number of anilines is 1. The van der Waals surface area contributed by atoms with Gasteiger partial charge in [-0.25, -0.2) is 14.4 Å². The van der Waals surface area contributed by atoms with E-state index >= 15 is 0 Å². The number of halogens is 1. The first-order chi connectivity index (χ1) is 14.0. The number of aryl methyl sites for hydroxylation is 2. The van der Waals surface area contributed by atoms with E-state index in [1.807, 2.05) is 60.8 Å². The van der Waals surface area contributed by atoms with Crippen LogP contribution in [0.3, 0.4) is 0 Å². The Morgan fingerprint density at radius 1 is 1.07 bits per heavy atom. The molecule has 0 aliphatic carbocycles. The van der Waals surface area contributed by atoms with Gasteiger partial charge in [0.25, 0.3) is 0 Å². The number of amides is 1. The summed E-state index contributed by atoms with van der Waals surface area (Å²) in [5.41, 5.74) is 5.63. The Bertz CT molecular complexity index is 1210. The monoisotopic (exact) mass is 386 g/mol. The lowest BCUT2D eigenvalue weighted by Crippen LogP contribution is -2.09. The Balaban J connectivity index is 1.70. The molecule has 5 nitrogen and oxygen atoms in total. The van der Waals surface area contributed by atoms with Crippen LogP contribution >= 0.6 is 0 Å². The Morgan fingerprint density at radius 3 is 2.59 bits per heavy atom. The fraction of sp³-hybridized carbons (Fsp3) is 0.0870. The van der Waals surface area contributed by atoms with Crippen LogP contribution in [-0.4, -0.2) is 20.3 Å². The number of benzene rings is 1. The zero-order chi connectivity index (χ0) is 20.4. The summed E-state index contributed by atoms with van der Waals surface area (Å²) in [5, 5.41) is 2.62. The molecule has 0 radical (unpaired) electrons. The molecule has 4 rings (SSSR count). The summed E-state index contributed by atoms with van der Waals surface area (Å²) in [7, 11) is 0. The number of rotatable bonds is 4. The highest BCUT2D eigenvalue weighted by Gasteiger charge is 2.12. The molecule has 0 saturated carbocycles. The van der Waals surface area contributed by atoms with Gasteiger partial charge in [0, 0.05) is 17.8 Å². The van der Waals surface area contributed by atoms with Crippen LogP contribution in [0.1, 0.15) is 16.8 Å². The van der Waals surface area contributed by atoms with Crippen LogP contribution in [0.15, 0.2) is 67.0 Å². The van der Waals surface area contributed by atoms with Gasteiger partial charge in [0.1, 0.15) is 17.3 Å². The molecule has 0 aliphatic heterocycles. The summed E-state index contributed by atoms with van der Waals surface area (Å²) >= 11 is 0. The van der Waals surface area contributed by atoms with Gasteiger partial charge < -0.3 is 5.32 Å². The number of pyridine rings is 2. The highest BCUT2D eigenvalue weighted by molar-refractivity contribution is 6.01. The number of carbonyl (C=O) groups excluding carboxylic acids is 1. The third-order valence-corrected chi connectivity index (χ3v) is 4.51. The van der Waals surface area contributed by atoms with Gasteiger partial charge in [-0.3, -0.25) is 9.20 Å². The van der Waals surface area contributed by atoms with E-state index in [9.17, 15) is 9.18 Å². The average molecular weight is 386 g/mol. The number of aromatic nitrogens is 3. The normalized spacial score (nSPS) is 11.3. The van der Waals surface area contributed by atoms with Crippen LogP contribution in [0.5, 0.6) is 0 Å². The number of imidazole rings is 1. The summed E-state index contributed by atoms with van der Waals surface area (Å²) in [6.45, 7) is 4.05. The number of carbonyl (C=O) groups is 1. The van der Waals surface area contributed by atoms with Crippen molar-refractivity contribution in [3.05, 3.63) is 89.6 Å². The second kappa shape index (κ2) is 7.67. The molecule has 0 aliphatic rings. The third kappa shape index (κ3) is 4.06. The van der Waals surface area contributed by atoms with Crippen molar-refractivity contribution < 1.29 is 9.18 Å². The summed E-state index contributed by atoms with van der Waals surface area (Å²) in [5.74, 6) is -0.531. The average Bonchev–Trinajstić information content (AvgIpc) is 3.06. The maximum absolute atomic E-state index is 13.0. The quantitative estimate of drug-likeness (QED) is 0.512. The van der Waals surface area contributed by atoms with E-state index in [2.05, 4.69) is 10.3 Å². The SMILES string of the molecule is Cc1ccc(-c2nc3cc(C)ccn3c2/C=C/C(=O)Nc2ccc(F)cn2)cc1. The lowest BCUT2D eigenvalue weighted by atomic mass is 10.1. The smallest absolute Gasteiger partial charge is 0.249 e. The number of nitrogens with zero attached hydrogens (tertiary/aromatic N) is 3. The van der Waals surface area contributed by atoms with Gasteiger partial charge in [-0.2, -0.15) is 0 Å². The first kappa shape index (κ1) is 18.6. The van der Waals surface area contributed by atoms with Crippen molar-refractivity contribution >= 4 is 23.4 Å². The number of fused-ring (bicyclic) bond motifs is 1. The van der Waals surface area contributed by atoms with Crippen LogP contribution in [0.4, 0.5) is 10.2 Å². The molecule has 0 fully saturated rings. The van der Waals surface area contributed by atoms with Crippen LogP contribution in [0, 0.1) is 19.7 Å². The van der Waals surface area contributed by atoms with E-state index in [0.29, 0.717) is 0 Å². The molecule has 6 heteroatoms. The van der Waals surface area contributed by atoms with Crippen LogP contribution in [-0.2, 0) is 4.79 Å². The van der Waals surface area contributed by atoms with Crippen molar-refractivity contribution in [1.29, 1.82) is 0 Å². The van der Waals surface area contributed by atoms with Gasteiger partial charge in [0.05, 0.1) is 17.6 Å². The second-order valence-corrected chi connectivity index (χ2v) is 6.83. The fourth-order valence-electron chi connectivity index (χ4n) is 3.02. The largest absolute Gasteiger partial charge is 0.307 e. The molecular formula is C23H19FN4O. The molecule has 3 heterocycles. The minimum Gasteiger partial charge on any atom is -0.307 e. The molecule has 3 aromatic heterocycles. The topological polar surface area (TPSA) is 59.3 Å². The zero-order valence-corrected chi connectivity index (χ0v) is 16.1. The van der Waals surface area contributed by atoms with Gasteiger partial charge in [0.2, 0.25) is 5.91 Å². The molecule has 0 atom stereocenters. The van der Waals surface area contributed by atoms with Crippen molar-refractivity contribution in [2.75, 3.05) is 5.32 Å². The van der Waals surface area contributed by atoms with Crippen molar-refractivity contribution in [1.82, 2.24) is 14.4 Å². The molecule has 1 amide bonds. The van der Waals surface area contributed by atoms with Crippen molar-refractivity contribution in [2.24, 2.45) is 0 Å². The van der Waals surface area contributed by atoms with Gasteiger partial charge in [-0.1, -0.05) is 29.8 Å². The maximum atomic E-state index is 13.0. The maximum Gasteiger partial charge on any atom is 0.249 e.